The third-order valence-electron chi connectivity index (χ3n) is 3.08. The van der Waals surface area contributed by atoms with Gasteiger partial charge in [0, 0.05) is 18.1 Å². The molecule has 1 aliphatic heterocycles. The predicted molar refractivity (Wildman–Crippen MR) is 74.2 cm³/mol. The van der Waals surface area contributed by atoms with Crippen molar-refractivity contribution in [1.82, 2.24) is 4.90 Å². The molecule has 98 valence electrons. The maximum Gasteiger partial charge on any atom is 0.321 e. The van der Waals surface area contributed by atoms with E-state index >= 15 is 0 Å². The third-order valence-corrected chi connectivity index (χ3v) is 3.64. The van der Waals surface area contributed by atoms with E-state index in [9.17, 15) is 4.79 Å². The second-order valence-electron chi connectivity index (χ2n) is 4.39. The van der Waals surface area contributed by atoms with Gasteiger partial charge < -0.3 is 16.0 Å². The van der Waals surface area contributed by atoms with Gasteiger partial charge in [-0.1, -0.05) is 23.2 Å². The molecular weight excluding hydrogens is 273 g/mol. The average molecular weight is 288 g/mol. The lowest BCUT2D eigenvalue weighted by atomic mass is 10.1. The van der Waals surface area contributed by atoms with Crippen LogP contribution in [0.5, 0.6) is 0 Å². The van der Waals surface area contributed by atoms with Gasteiger partial charge in [-0.3, -0.25) is 0 Å². The highest BCUT2D eigenvalue weighted by Gasteiger charge is 2.25. The van der Waals surface area contributed by atoms with Gasteiger partial charge in [-0.2, -0.15) is 0 Å². The zero-order valence-corrected chi connectivity index (χ0v) is 11.3. The van der Waals surface area contributed by atoms with Crippen LogP contribution in [0.15, 0.2) is 18.2 Å². The van der Waals surface area contributed by atoms with Gasteiger partial charge in [-0.15, -0.1) is 0 Å². The first-order chi connectivity index (χ1) is 8.60. The molecule has 0 saturated carbocycles. The Kier molecular flexibility index (Phi) is 4.32. The molecule has 2 rings (SSSR count). The Morgan fingerprint density at radius 3 is 2.94 bits per heavy atom. The number of nitrogens with zero attached hydrogens (tertiary/aromatic N) is 1. The summed E-state index contributed by atoms with van der Waals surface area (Å²) in [6.07, 6.45) is 0.952. The van der Waals surface area contributed by atoms with Crippen LogP contribution in [0.25, 0.3) is 0 Å². The number of carbonyl (C=O) groups excluding carboxylic acids is 1. The highest BCUT2D eigenvalue weighted by Crippen LogP contribution is 2.26. The lowest BCUT2D eigenvalue weighted by molar-refractivity contribution is 0.221. The Labute approximate surface area is 116 Å². The van der Waals surface area contributed by atoms with Crippen LogP contribution >= 0.6 is 23.2 Å². The smallest absolute Gasteiger partial charge is 0.321 e. The quantitative estimate of drug-likeness (QED) is 0.879. The summed E-state index contributed by atoms with van der Waals surface area (Å²) in [5, 5.41) is 3.78. The maximum atomic E-state index is 12.0. The monoisotopic (exact) mass is 287 g/mol. The Balaban J connectivity index is 2.01. The molecule has 0 spiro atoms. The van der Waals surface area contributed by atoms with Crippen molar-refractivity contribution in [2.75, 3.05) is 25.0 Å². The van der Waals surface area contributed by atoms with Crippen LogP contribution < -0.4 is 11.1 Å². The van der Waals surface area contributed by atoms with Crippen molar-refractivity contribution in [2.24, 2.45) is 11.7 Å². The molecule has 3 N–H and O–H groups in total. The van der Waals surface area contributed by atoms with Crippen molar-refractivity contribution in [1.29, 1.82) is 0 Å². The number of nitrogens with one attached hydrogen (secondary N) is 1. The van der Waals surface area contributed by atoms with Crippen LogP contribution in [-0.2, 0) is 0 Å². The molecule has 6 heteroatoms. The van der Waals surface area contributed by atoms with E-state index in [1.807, 2.05) is 0 Å². The Morgan fingerprint density at radius 2 is 2.28 bits per heavy atom. The molecule has 4 nitrogen and oxygen atoms in total. The molecule has 1 unspecified atom stereocenters. The van der Waals surface area contributed by atoms with Gasteiger partial charge in [0.15, 0.2) is 0 Å². The highest BCUT2D eigenvalue weighted by atomic mass is 35.5. The fourth-order valence-electron chi connectivity index (χ4n) is 2.00. The SMILES string of the molecule is NCC1CCN(C(=O)Nc2cc(Cl)ccc2Cl)C1. The fraction of sp³-hybridized carbons (Fsp3) is 0.417. The molecule has 2 amide bonds. The van der Waals surface area contributed by atoms with Gasteiger partial charge in [0.05, 0.1) is 10.7 Å². The average Bonchev–Trinajstić information content (AvgIpc) is 2.82. The normalized spacial score (nSPS) is 19.1. The second-order valence-corrected chi connectivity index (χ2v) is 5.23. The number of amides is 2. The minimum atomic E-state index is -0.157. The van der Waals surface area contributed by atoms with E-state index in [4.69, 9.17) is 28.9 Å². The van der Waals surface area contributed by atoms with Crippen LogP contribution in [0.1, 0.15) is 6.42 Å². The number of hydrogen-bond donors (Lipinski definition) is 2. The van der Waals surface area contributed by atoms with Crippen LogP contribution in [-0.4, -0.2) is 30.6 Å². The maximum absolute atomic E-state index is 12.0. The molecule has 1 saturated heterocycles. The van der Waals surface area contributed by atoms with Gasteiger partial charge in [0.25, 0.3) is 0 Å². The van der Waals surface area contributed by atoms with E-state index in [2.05, 4.69) is 5.32 Å². The van der Waals surface area contributed by atoms with Gasteiger partial charge in [-0.25, -0.2) is 4.79 Å². The largest absolute Gasteiger partial charge is 0.330 e. The number of benzene rings is 1. The van der Waals surface area contributed by atoms with Crippen molar-refractivity contribution in [3.63, 3.8) is 0 Å². The van der Waals surface area contributed by atoms with E-state index < -0.39 is 0 Å². The fourth-order valence-corrected chi connectivity index (χ4v) is 2.33. The first-order valence-corrected chi connectivity index (χ1v) is 6.57. The number of anilines is 1. The summed E-state index contributed by atoms with van der Waals surface area (Å²) in [4.78, 5) is 13.8. The zero-order chi connectivity index (χ0) is 13.1. The Hall–Kier alpha value is -0.970. The van der Waals surface area contributed by atoms with Crippen molar-refractivity contribution in [2.45, 2.75) is 6.42 Å². The first-order valence-electron chi connectivity index (χ1n) is 5.81. The molecule has 1 aliphatic rings. The van der Waals surface area contributed by atoms with Crippen molar-refractivity contribution in [3.05, 3.63) is 28.2 Å². The lowest BCUT2D eigenvalue weighted by Crippen LogP contribution is -2.33. The molecule has 0 radical (unpaired) electrons. The Morgan fingerprint density at radius 1 is 1.50 bits per heavy atom. The summed E-state index contributed by atoms with van der Waals surface area (Å²) in [6, 6.07) is 4.82. The number of carbonyl (C=O) groups is 1. The van der Waals surface area contributed by atoms with Crippen LogP contribution in [0, 0.1) is 5.92 Å². The standard InChI is InChI=1S/C12H15Cl2N3O/c13-9-1-2-10(14)11(5-9)16-12(18)17-4-3-8(6-15)7-17/h1-2,5,8H,3-4,6-7,15H2,(H,16,18). The first kappa shape index (κ1) is 13.5. The molecule has 0 aliphatic carbocycles. The lowest BCUT2D eigenvalue weighted by Gasteiger charge is -2.17. The number of halogens is 2. The molecule has 1 aromatic rings. The second kappa shape index (κ2) is 5.78. The van der Waals surface area contributed by atoms with Crippen LogP contribution in [0.2, 0.25) is 10.0 Å². The number of rotatable bonds is 2. The Bertz CT molecular complexity index is 453. The summed E-state index contributed by atoms with van der Waals surface area (Å²) in [5.74, 6) is 0.394. The minimum Gasteiger partial charge on any atom is -0.330 e. The summed E-state index contributed by atoms with van der Waals surface area (Å²) < 4.78 is 0. The van der Waals surface area contributed by atoms with E-state index in [0.29, 0.717) is 34.7 Å². The van der Waals surface area contributed by atoms with E-state index in [1.54, 1.807) is 23.1 Å². The molecule has 1 heterocycles. The van der Waals surface area contributed by atoms with Gasteiger partial charge in [-0.05, 0) is 37.1 Å². The molecular formula is C12H15Cl2N3O. The van der Waals surface area contributed by atoms with E-state index in [0.717, 1.165) is 13.0 Å². The summed E-state index contributed by atoms with van der Waals surface area (Å²) in [7, 11) is 0. The molecule has 1 fully saturated rings. The van der Waals surface area contributed by atoms with E-state index in [1.165, 1.54) is 0 Å². The topological polar surface area (TPSA) is 58.4 Å². The van der Waals surface area contributed by atoms with Crippen LogP contribution in [0.4, 0.5) is 10.5 Å². The van der Waals surface area contributed by atoms with Gasteiger partial charge in [0.1, 0.15) is 0 Å². The molecule has 1 aromatic carbocycles. The number of nitrogens with two attached hydrogens (primary N) is 1. The van der Waals surface area contributed by atoms with Gasteiger partial charge >= 0.3 is 6.03 Å². The zero-order valence-electron chi connectivity index (χ0n) is 9.83. The highest BCUT2D eigenvalue weighted by molar-refractivity contribution is 6.35. The minimum absolute atomic E-state index is 0.157. The molecule has 18 heavy (non-hydrogen) atoms. The summed E-state index contributed by atoms with van der Waals surface area (Å²) in [5.41, 5.74) is 6.13. The van der Waals surface area contributed by atoms with Crippen molar-refractivity contribution >= 4 is 34.9 Å². The molecule has 1 atom stereocenters. The van der Waals surface area contributed by atoms with Crippen LogP contribution in [0.3, 0.4) is 0 Å². The third kappa shape index (κ3) is 3.07. The van der Waals surface area contributed by atoms with Crippen molar-refractivity contribution in [3.8, 4) is 0 Å². The summed E-state index contributed by atoms with van der Waals surface area (Å²) >= 11 is 11.9. The number of likely N-dealkylation sites (tertiary alicyclic amines) is 1. The van der Waals surface area contributed by atoms with Crippen molar-refractivity contribution < 1.29 is 4.79 Å². The summed E-state index contributed by atoms with van der Waals surface area (Å²) in [6.45, 7) is 2.04. The number of hydrogen-bond acceptors (Lipinski definition) is 2. The van der Waals surface area contributed by atoms with Gasteiger partial charge in [0.2, 0.25) is 0 Å². The number of urea groups is 1. The van der Waals surface area contributed by atoms with E-state index in [-0.39, 0.29) is 6.03 Å². The predicted octanol–water partition coefficient (Wildman–Crippen LogP) is 2.81. The molecule has 0 aromatic heterocycles. The molecule has 0 bridgehead atoms.